The van der Waals surface area contributed by atoms with Crippen molar-refractivity contribution in [1.82, 2.24) is 9.88 Å². The number of aromatic nitrogens is 2. The Morgan fingerprint density at radius 2 is 1.84 bits per heavy atom. The molecule has 3 atom stereocenters. The van der Waals surface area contributed by atoms with Gasteiger partial charge in [0.1, 0.15) is 11.9 Å². The largest absolute Gasteiger partial charge is 0.573 e. The third-order valence-electron chi connectivity index (χ3n) is 6.02. The first-order valence-corrected chi connectivity index (χ1v) is 11.4. The van der Waals surface area contributed by atoms with E-state index in [9.17, 15) is 18.0 Å². The summed E-state index contributed by atoms with van der Waals surface area (Å²) in [5.41, 5.74) is 0.589. The Hall–Kier alpha value is -2.49. The Kier molecular flexibility index (Phi) is 6.24. The van der Waals surface area contributed by atoms with E-state index >= 15 is 0 Å². The summed E-state index contributed by atoms with van der Waals surface area (Å²) in [6, 6.07) is 6.35. The summed E-state index contributed by atoms with van der Waals surface area (Å²) < 4.78 is 44.9. The van der Waals surface area contributed by atoms with Gasteiger partial charge in [-0.25, -0.2) is 0 Å². The number of carbonyl (C=O) groups is 1. The monoisotopic (exact) mass is 511 g/mol. The number of aliphatic imine (C=N–C) groups is 1. The molecule has 1 unspecified atom stereocenters. The molecule has 2 fully saturated rings. The number of alkyl halides is 3. The van der Waals surface area contributed by atoms with Gasteiger partial charge in [0.25, 0.3) is 0 Å². The molecule has 2 aromatic rings. The fraction of sp³-hybridized carbons (Fsp3) is 0.455. The molecule has 170 valence electrons. The molecule has 3 heterocycles. The molecule has 6 nitrogen and oxygen atoms in total. The number of hydrogen-bond acceptors (Lipinski definition) is 4. The molecule has 32 heavy (non-hydrogen) atoms. The van der Waals surface area contributed by atoms with Gasteiger partial charge in [0.15, 0.2) is 0 Å². The van der Waals surface area contributed by atoms with Gasteiger partial charge in [0.2, 0.25) is 0 Å². The highest BCUT2D eigenvalue weighted by Gasteiger charge is 2.46. The van der Waals surface area contributed by atoms with Gasteiger partial charge < -0.3 is 9.64 Å². The van der Waals surface area contributed by atoms with Gasteiger partial charge in [-0.1, -0.05) is 37.0 Å². The smallest absolute Gasteiger partial charge is 0.405 e. The van der Waals surface area contributed by atoms with Crippen molar-refractivity contribution in [3.05, 3.63) is 46.7 Å². The van der Waals surface area contributed by atoms with E-state index in [1.165, 1.54) is 6.07 Å². The van der Waals surface area contributed by atoms with Crippen LogP contribution in [-0.4, -0.2) is 41.1 Å². The normalized spacial score (nSPS) is 23.4. The summed E-state index contributed by atoms with van der Waals surface area (Å²) in [6.07, 6.45) is 0.130. The van der Waals surface area contributed by atoms with Crippen molar-refractivity contribution in [3.63, 3.8) is 0 Å². The average molecular weight is 512 g/mol. The lowest BCUT2D eigenvalue weighted by atomic mass is 9.95. The maximum absolute atomic E-state index is 12.9. The second-order valence-electron chi connectivity index (χ2n) is 7.86. The number of benzene rings is 1. The minimum atomic E-state index is -4.71. The van der Waals surface area contributed by atoms with Crippen LogP contribution in [0.15, 0.2) is 46.1 Å². The van der Waals surface area contributed by atoms with Crippen LogP contribution in [-0.2, 0) is 4.79 Å². The van der Waals surface area contributed by atoms with Crippen molar-refractivity contribution in [2.45, 2.75) is 39.0 Å². The Morgan fingerprint density at radius 3 is 2.50 bits per heavy atom. The summed E-state index contributed by atoms with van der Waals surface area (Å²) in [5, 5.41) is 0. The second-order valence-corrected chi connectivity index (χ2v) is 8.78. The predicted molar refractivity (Wildman–Crippen MR) is 115 cm³/mol. The zero-order valence-electron chi connectivity index (χ0n) is 17.6. The van der Waals surface area contributed by atoms with Crippen LogP contribution in [0.25, 0.3) is 0 Å². The summed E-state index contributed by atoms with van der Waals surface area (Å²) in [7, 11) is 0. The topological polar surface area (TPSA) is 58.7 Å². The molecule has 2 aliphatic heterocycles. The molecule has 0 spiro atoms. The number of halogens is 4. The molecule has 1 saturated heterocycles. The van der Waals surface area contributed by atoms with Crippen LogP contribution in [0.5, 0.6) is 5.75 Å². The molecule has 0 N–H and O–H groups in total. The fourth-order valence-electron chi connectivity index (χ4n) is 4.79. The zero-order chi connectivity index (χ0) is 23.0. The molecule has 0 bridgehead atoms. The molecule has 1 aromatic carbocycles. The molecular formula is C22H23BrF3N4O2+. The van der Waals surface area contributed by atoms with Crippen molar-refractivity contribution in [1.29, 1.82) is 0 Å². The van der Waals surface area contributed by atoms with Gasteiger partial charge in [-0.15, -0.1) is 18.2 Å². The van der Waals surface area contributed by atoms with Gasteiger partial charge in [-0.05, 0) is 58.2 Å². The molecule has 0 radical (unpaired) electrons. The minimum Gasteiger partial charge on any atom is -0.405 e. The Bertz CT molecular complexity index is 1050. The number of para-hydroxylation sites is 1. The number of fused-ring (bicyclic) bond motifs is 2. The van der Waals surface area contributed by atoms with Gasteiger partial charge >= 0.3 is 24.1 Å². The Labute approximate surface area is 192 Å². The highest BCUT2D eigenvalue weighted by Crippen LogP contribution is 2.48. The number of likely N-dealkylation sites (tertiary alicyclic amines) is 1. The van der Waals surface area contributed by atoms with Gasteiger partial charge in [-0.2, -0.15) is 4.57 Å². The second kappa shape index (κ2) is 8.80. The summed E-state index contributed by atoms with van der Waals surface area (Å²) >= 11 is 3.34. The summed E-state index contributed by atoms with van der Waals surface area (Å²) in [6.45, 7) is 5.16. The number of carbonyl (C=O) groups excluding carboxylic acids is 1. The van der Waals surface area contributed by atoms with Gasteiger partial charge in [0, 0.05) is 13.1 Å². The van der Waals surface area contributed by atoms with E-state index in [1.807, 2.05) is 13.8 Å². The minimum absolute atomic E-state index is 0.00731. The van der Waals surface area contributed by atoms with Crippen molar-refractivity contribution in [2.24, 2.45) is 16.8 Å². The number of amides is 1. The van der Waals surface area contributed by atoms with Gasteiger partial charge in [-0.3, -0.25) is 4.79 Å². The number of rotatable bonds is 3. The van der Waals surface area contributed by atoms with E-state index in [0.29, 0.717) is 30.4 Å². The number of nitrogens with zero attached hydrogens (tertiary/aromatic N) is 4. The molecule has 1 aromatic heterocycles. The van der Waals surface area contributed by atoms with E-state index in [2.05, 4.69) is 30.6 Å². The first-order valence-electron chi connectivity index (χ1n) is 10.6. The van der Waals surface area contributed by atoms with Crippen LogP contribution in [0.4, 0.5) is 19.1 Å². The van der Waals surface area contributed by atoms with Gasteiger partial charge in [0.05, 0.1) is 10.7 Å². The molecule has 5 rings (SSSR count). The fourth-order valence-corrected chi connectivity index (χ4v) is 5.09. The van der Waals surface area contributed by atoms with E-state index in [-0.39, 0.29) is 29.4 Å². The Morgan fingerprint density at radius 1 is 1.19 bits per heavy atom. The Balaban J connectivity index is 0.00000119. The SMILES string of the molecule is CC.O=C(C1=Nc2ncc(Br)c[n+]21)N1C[C@H]2CC(c3ccccc3OC(F)(F)F)C[C@H]2C1. The van der Waals surface area contributed by atoms with Crippen LogP contribution in [0, 0.1) is 11.8 Å². The molecule has 1 aliphatic carbocycles. The van der Waals surface area contributed by atoms with Crippen molar-refractivity contribution in [3.8, 4) is 5.75 Å². The van der Waals surface area contributed by atoms with E-state index in [1.54, 1.807) is 40.1 Å². The maximum Gasteiger partial charge on any atom is 0.573 e. The molecule has 3 aliphatic rings. The third kappa shape index (κ3) is 4.37. The average Bonchev–Trinajstić information content (AvgIpc) is 3.30. The van der Waals surface area contributed by atoms with E-state index in [0.717, 1.165) is 17.3 Å². The van der Waals surface area contributed by atoms with Crippen molar-refractivity contribution in [2.75, 3.05) is 13.1 Å². The highest BCUT2D eigenvalue weighted by molar-refractivity contribution is 9.10. The standard InChI is InChI=1S/C20H17BrF3N4O2.C2H6/c21-14-7-25-19-26-17(28(19)10-14)18(29)27-8-12-5-11(6-13(12)9-27)15-3-1-2-4-16(15)30-20(22,23)24;1-2/h1-4,7,10-13H,5-6,8-9H2;1-2H3/q+1;/t11?,12-,13+;. The van der Waals surface area contributed by atoms with Crippen molar-refractivity contribution < 1.29 is 27.3 Å². The van der Waals surface area contributed by atoms with Crippen LogP contribution in [0.3, 0.4) is 0 Å². The lowest BCUT2D eigenvalue weighted by Crippen LogP contribution is -2.58. The molecular weight excluding hydrogens is 489 g/mol. The van der Waals surface area contributed by atoms with E-state index in [4.69, 9.17) is 0 Å². The molecule has 1 saturated carbocycles. The summed E-state index contributed by atoms with van der Waals surface area (Å²) in [5.74, 6) is 1.07. The first-order chi connectivity index (χ1) is 15.3. The first kappa shape index (κ1) is 22.7. The van der Waals surface area contributed by atoms with Crippen LogP contribution < -0.4 is 9.30 Å². The zero-order valence-corrected chi connectivity index (χ0v) is 19.2. The number of ether oxygens (including phenoxy) is 1. The van der Waals surface area contributed by atoms with E-state index < -0.39 is 6.36 Å². The lowest BCUT2D eigenvalue weighted by Gasteiger charge is -2.22. The predicted octanol–water partition coefficient (Wildman–Crippen LogP) is 4.60. The van der Waals surface area contributed by atoms with Crippen LogP contribution >= 0.6 is 15.9 Å². The quantitative estimate of drug-likeness (QED) is 0.565. The van der Waals surface area contributed by atoms with Crippen LogP contribution in [0.1, 0.15) is 38.2 Å². The number of hydrogen-bond donors (Lipinski definition) is 0. The molecule has 1 amide bonds. The summed E-state index contributed by atoms with van der Waals surface area (Å²) in [4.78, 5) is 23.0. The van der Waals surface area contributed by atoms with Crippen molar-refractivity contribution >= 4 is 33.6 Å². The maximum atomic E-state index is 12.9. The van der Waals surface area contributed by atoms with Crippen LogP contribution in [0.2, 0.25) is 0 Å². The lowest BCUT2D eigenvalue weighted by molar-refractivity contribution is -0.559. The molecule has 10 heteroatoms. The third-order valence-corrected chi connectivity index (χ3v) is 6.43. The highest BCUT2D eigenvalue weighted by atomic mass is 79.9.